The lowest BCUT2D eigenvalue weighted by molar-refractivity contribution is -0.126. The Balaban J connectivity index is 1.57. The van der Waals surface area contributed by atoms with Gasteiger partial charge in [-0.05, 0) is 67.4 Å². The zero-order valence-electron chi connectivity index (χ0n) is 20.1. The molecule has 2 amide bonds. The molecule has 0 aliphatic carbocycles. The summed E-state index contributed by atoms with van der Waals surface area (Å²) in [6.45, 7) is 5.00. The summed E-state index contributed by atoms with van der Waals surface area (Å²) in [5.74, 6) is -0.141. The number of hydrogen-bond donors (Lipinski definition) is 0. The first-order chi connectivity index (χ1) is 17.5. The lowest BCUT2D eigenvalue weighted by Crippen LogP contribution is -2.37. The van der Waals surface area contributed by atoms with E-state index in [4.69, 9.17) is 14.3 Å². The van der Waals surface area contributed by atoms with Crippen LogP contribution in [0.2, 0.25) is 0 Å². The normalized spacial score (nSPS) is 21.1. The van der Waals surface area contributed by atoms with Gasteiger partial charge in [0.25, 0.3) is 5.91 Å². The molecule has 0 aromatic heterocycles. The van der Waals surface area contributed by atoms with Crippen LogP contribution in [0.5, 0.6) is 11.5 Å². The summed E-state index contributed by atoms with van der Waals surface area (Å²) in [4.78, 5) is 34.7. The number of halogens is 1. The van der Waals surface area contributed by atoms with E-state index in [1.165, 1.54) is 4.90 Å². The largest absolute Gasteiger partial charge is 0.490 e. The van der Waals surface area contributed by atoms with Crippen LogP contribution in [-0.2, 0) is 14.4 Å². The van der Waals surface area contributed by atoms with Crippen LogP contribution in [0.3, 0.4) is 0 Å². The molecule has 3 aromatic carbocycles. The third kappa shape index (κ3) is 4.35. The number of ether oxygens (including phenoxy) is 2. The van der Waals surface area contributed by atoms with Crippen LogP contribution in [0.1, 0.15) is 31.9 Å². The molecule has 2 aliphatic heterocycles. The van der Waals surface area contributed by atoms with Crippen LogP contribution in [-0.4, -0.2) is 31.1 Å². The molecule has 3 aromatic rings. The lowest BCUT2D eigenvalue weighted by Gasteiger charge is -2.29. The number of imide groups is 1. The summed E-state index contributed by atoms with van der Waals surface area (Å²) in [5, 5.41) is 1.68. The molecule has 2 saturated heterocycles. The van der Waals surface area contributed by atoms with E-state index in [2.05, 4.69) is 15.9 Å². The highest BCUT2D eigenvalue weighted by molar-refractivity contribution is 9.10. The van der Waals surface area contributed by atoms with Crippen LogP contribution in [0.15, 0.2) is 77.3 Å². The number of benzene rings is 3. The molecule has 0 spiro atoms. The topological polar surface area (TPSA) is 68.3 Å². The monoisotopic (exact) mass is 550 g/mol. The Morgan fingerprint density at radius 2 is 1.61 bits per heavy atom. The van der Waals surface area contributed by atoms with Gasteiger partial charge in [-0.15, -0.1) is 0 Å². The molecule has 2 fully saturated rings. The molecule has 2 aliphatic rings. The van der Waals surface area contributed by atoms with E-state index in [9.17, 15) is 9.59 Å². The molecule has 0 bridgehead atoms. The average molecular weight is 551 g/mol. The smallest absolute Gasteiger partial charge is 0.266 e. The number of para-hydroxylation sites is 1. The highest BCUT2D eigenvalue weighted by Crippen LogP contribution is 2.48. The van der Waals surface area contributed by atoms with E-state index in [0.717, 1.165) is 22.1 Å². The molecular formula is C28H27BrN2O5. The average Bonchev–Trinajstić information content (AvgIpc) is 3.40. The minimum atomic E-state index is -0.932. The molecule has 5 rings (SSSR count). The van der Waals surface area contributed by atoms with Crippen molar-refractivity contribution in [2.45, 2.75) is 32.4 Å². The zero-order valence-corrected chi connectivity index (χ0v) is 21.7. The van der Waals surface area contributed by atoms with Crippen LogP contribution in [0.25, 0.3) is 0 Å². The maximum Gasteiger partial charge on any atom is 0.266 e. The van der Waals surface area contributed by atoms with Gasteiger partial charge in [-0.1, -0.05) is 47.1 Å². The molecule has 3 atom stereocenters. The van der Waals surface area contributed by atoms with Crippen molar-refractivity contribution in [2.75, 3.05) is 23.2 Å². The molecular weight excluding hydrogens is 524 g/mol. The van der Waals surface area contributed by atoms with Gasteiger partial charge in [0.1, 0.15) is 5.92 Å². The Hall–Kier alpha value is -3.36. The second kappa shape index (κ2) is 10.3. The number of carbonyl (C=O) groups is 2. The molecule has 36 heavy (non-hydrogen) atoms. The predicted molar refractivity (Wildman–Crippen MR) is 140 cm³/mol. The SMILES string of the molecule is CCCOc1ccc([C@H]2[C@H]3C(=O)N(c4ccc(Br)cc4)C(=O)[C@H]3ON2c2ccccc2)cc1OCC. The van der Waals surface area contributed by atoms with Crippen molar-refractivity contribution in [3.8, 4) is 11.5 Å². The van der Waals surface area contributed by atoms with Crippen molar-refractivity contribution in [3.63, 3.8) is 0 Å². The summed E-state index contributed by atoms with van der Waals surface area (Å²) < 4.78 is 12.6. The number of hydroxylamine groups is 1. The van der Waals surface area contributed by atoms with Crippen LogP contribution in [0, 0.1) is 5.92 Å². The first-order valence-electron chi connectivity index (χ1n) is 12.1. The fourth-order valence-electron chi connectivity index (χ4n) is 4.71. The van der Waals surface area contributed by atoms with Gasteiger partial charge in [0.2, 0.25) is 5.91 Å². The highest BCUT2D eigenvalue weighted by atomic mass is 79.9. The van der Waals surface area contributed by atoms with Crippen molar-refractivity contribution in [3.05, 3.63) is 82.8 Å². The predicted octanol–water partition coefficient (Wildman–Crippen LogP) is 5.69. The van der Waals surface area contributed by atoms with Crippen LogP contribution < -0.4 is 19.4 Å². The molecule has 0 saturated carbocycles. The van der Waals surface area contributed by atoms with Crippen molar-refractivity contribution in [2.24, 2.45) is 5.92 Å². The number of nitrogens with zero attached hydrogens (tertiary/aromatic N) is 2. The summed E-state index contributed by atoms with van der Waals surface area (Å²) in [6, 6.07) is 21.8. The van der Waals surface area contributed by atoms with E-state index in [0.29, 0.717) is 30.4 Å². The Morgan fingerprint density at radius 1 is 0.861 bits per heavy atom. The summed E-state index contributed by atoms with van der Waals surface area (Å²) >= 11 is 3.41. The van der Waals surface area contributed by atoms with Crippen LogP contribution in [0.4, 0.5) is 11.4 Å². The van der Waals surface area contributed by atoms with Crippen LogP contribution >= 0.6 is 15.9 Å². The molecule has 0 N–H and O–H groups in total. The van der Waals surface area contributed by atoms with E-state index < -0.39 is 18.1 Å². The standard InChI is InChI=1S/C28H27BrN2O5/c1-3-16-35-22-15-10-18(17-23(22)34-4-2)25-24-26(36-31(25)21-8-6-5-7-9-21)28(33)30(27(24)32)20-13-11-19(29)12-14-20/h5-15,17,24-26H,3-4,16H2,1-2H3/t24-,25+,26+/m1/s1. The third-order valence-electron chi connectivity index (χ3n) is 6.28. The maximum absolute atomic E-state index is 13.8. The number of amides is 2. The van der Waals surface area contributed by atoms with Crippen molar-refractivity contribution in [1.29, 1.82) is 0 Å². The highest BCUT2D eigenvalue weighted by Gasteiger charge is 2.60. The first kappa shape index (κ1) is 24.3. The van der Waals surface area contributed by atoms with E-state index in [1.54, 1.807) is 17.2 Å². The molecule has 0 unspecified atom stereocenters. The number of anilines is 2. The van der Waals surface area contributed by atoms with Crippen molar-refractivity contribution >= 4 is 39.1 Å². The molecule has 2 heterocycles. The van der Waals surface area contributed by atoms with Crippen molar-refractivity contribution < 1.29 is 23.9 Å². The Morgan fingerprint density at radius 3 is 2.31 bits per heavy atom. The van der Waals surface area contributed by atoms with E-state index in [-0.39, 0.29) is 11.8 Å². The number of carbonyl (C=O) groups excluding carboxylic acids is 2. The van der Waals surface area contributed by atoms with Gasteiger partial charge in [-0.2, -0.15) is 0 Å². The van der Waals surface area contributed by atoms with Gasteiger partial charge < -0.3 is 9.47 Å². The fourth-order valence-corrected chi connectivity index (χ4v) is 4.97. The summed E-state index contributed by atoms with van der Waals surface area (Å²) in [5.41, 5.74) is 2.09. The Kier molecular flexibility index (Phi) is 6.98. The Labute approximate surface area is 218 Å². The number of rotatable bonds is 8. The second-order valence-electron chi connectivity index (χ2n) is 8.63. The maximum atomic E-state index is 13.8. The quantitative estimate of drug-likeness (QED) is 0.336. The third-order valence-corrected chi connectivity index (χ3v) is 6.81. The molecule has 0 radical (unpaired) electrons. The van der Waals surface area contributed by atoms with Gasteiger partial charge in [0, 0.05) is 4.47 Å². The van der Waals surface area contributed by atoms with E-state index >= 15 is 0 Å². The van der Waals surface area contributed by atoms with Gasteiger partial charge in [-0.3, -0.25) is 14.4 Å². The molecule has 8 heteroatoms. The summed E-state index contributed by atoms with van der Waals surface area (Å²) in [7, 11) is 0. The lowest BCUT2D eigenvalue weighted by atomic mass is 9.90. The molecule has 186 valence electrons. The van der Waals surface area contributed by atoms with E-state index in [1.807, 2.05) is 74.5 Å². The molecule has 7 nitrogen and oxygen atoms in total. The fraction of sp³-hybridized carbons (Fsp3) is 0.286. The van der Waals surface area contributed by atoms with Gasteiger partial charge in [-0.25, -0.2) is 9.96 Å². The van der Waals surface area contributed by atoms with Gasteiger partial charge in [0.15, 0.2) is 17.6 Å². The minimum Gasteiger partial charge on any atom is -0.490 e. The van der Waals surface area contributed by atoms with Gasteiger partial charge in [0.05, 0.1) is 30.6 Å². The number of fused-ring (bicyclic) bond motifs is 1. The minimum absolute atomic E-state index is 0.292. The second-order valence-corrected chi connectivity index (χ2v) is 9.55. The summed E-state index contributed by atoms with van der Waals surface area (Å²) in [6.07, 6.45) is -0.0596. The van der Waals surface area contributed by atoms with Crippen molar-refractivity contribution in [1.82, 2.24) is 0 Å². The first-order valence-corrected chi connectivity index (χ1v) is 12.9. The Bertz CT molecular complexity index is 1250. The zero-order chi connectivity index (χ0) is 25.2. The van der Waals surface area contributed by atoms with Gasteiger partial charge >= 0.3 is 0 Å². The number of hydrogen-bond acceptors (Lipinski definition) is 6.